The highest BCUT2D eigenvalue weighted by Gasteiger charge is 2.16. The Balaban J connectivity index is 2.01. The first-order valence-electron chi connectivity index (χ1n) is 6.41. The summed E-state index contributed by atoms with van der Waals surface area (Å²) < 4.78 is 1.05. The molecule has 1 amide bonds. The van der Waals surface area contributed by atoms with E-state index in [0.29, 0.717) is 6.54 Å². The maximum atomic E-state index is 11.8. The Morgan fingerprint density at radius 1 is 1.55 bits per heavy atom. The number of nitrogens with zero attached hydrogens (tertiary/aromatic N) is 2. The second kappa shape index (κ2) is 6.29. The maximum Gasteiger partial charge on any atom is 0.285 e. The molecule has 2 heterocycles. The van der Waals surface area contributed by atoms with Gasteiger partial charge in [0.05, 0.1) is 11.1 Å². The summed E-state index contributed by atoms with van der Waals surface area (Å²) >= 11 is 0. The standard InChI is InChI=1S/C12H16N4O4/c17-11(14-9-2-1-5-13-6-9)8-15-7-10(16(19)20)3-4-12(15)18/h3-4,7,9,13H,1-2,5-6,8H2,(H,14,17). The molecule has 8 nitrogen and oxygen atoms in total. The lowest BCUT2D eigenvalue weighted by Gasteiger charge is -2.23. The molecule has 0 saturated carbocycles. The van der Waals surface area contributed by atoms with Crippen LogP contribution in [-0.4, -0.2) is 34.5 Å². The van der Waals surface area contributed by atoms with E-state index in [1.807, 2.05) is 0 Å². The van der Waals surface area contributed by atoms with Crippen LogP contribution < -0.4 is 16.2 Å². The first-order chi connectivity index (χ1) is 9.56. The highest BCUT2D eigenvalue weighted by Crippen LogP contribution is 2.06. The molecule has 0 aliphatic carbocycles. The van der Waals surface area contributed by atoms with Gasteiger partial charge in [-0.25, -0.2) is 0 Å². The quantitative estimate of drug-likeness (QED) is 0.578. The number of carbonyl (C=O) groups excluding carboxylic acids is 1. The predicted molar refractivity (Wildman–Crippen MR) is 71.4 cm³/mol. The van der Waals surface area contributed by atoms with E-state index in [2.05, 4.69) is 10.6 Å². The van der Waals surface area contributed by atoms with Gasteiger partial charge in [-0.3, -0.25) is 24.3 Å². The molecule has 1 aliphatic heterocycles. The van der Waals surface area contributed by atoms with E-state index in [1.54, 1.807) is 0 Å². The molecule has 2 N–H and O–H groups in total. The average molecular weight is 280 g/mol. The fraction of sp³-hybridized carbons (Fsp3) is 0.500. The minimum Gasteiger partial charge on any atom is -0.351 e. The molecule has 1 unspecified atom stereocenters. The largest absolute Gasteiger partial charge is 0.351 e. The van der Waals surface area contributed by atoms with Gasteiger partial charge in [0.15, 0.2) is 0 Å². The molecule has 1 saturated heterocycles. The molecule has 1 fully saturated rings. The van der Waals surface area contributed by atoms with Crippen LogP contribution in [0.2, 0.25) is 0 Å². The minimum absolute atomic E-state index is 0.0469. The average Bonchev–Trinajstić information content (AvgIpc) is 2.42. The van der Waals surface area contributed by atoms with Gasteiger partial charge in [0.25, 0.3) is 11.2 Å². The molecule has 2 rings (SSSR count). The van der Waals surface area contributed by atoms with Gasteiger partial charge >= 0.3 is 0 Å². The molecule has 108 valence electrons. The van der Waals surface area contributed by atoms with Crippen molar-refractivity contribution in [2.24, 2.45) is 0 Å². The lowest BCUT2D eigenvalue weighted by atomic mass is 10.1. The van der Waals surface area contributed by atoms with Crippen molar-refractivity contribution in [2.45, 2.75) is 25.4 Å². The van der Waals surface area contributed by atoms with Crippen molar-refractivity contribution in [2.75, 3.05) is 13.1 Å². The van der Waals surface area contributed by atoms with Gasteiger partial charge in [0.2, 0.25) is 5.91 Å². The van der Waals surface area contributed by atoms with E-state index < -0.39 is 10.5 Å². The number of hydrogen-bond donors (Lipinski definition) is 2. The second-order valence-corrected chi connectivity index (χ2v) is 4.72. The van der Waals surface area contributed by atoms with Crippen molar-refractivity contribution >= 4 is 11.6 Å². The summed E-state index contributed by atoms with van der Waals surface area (Å²) in [5, 5.41) is 16.6. The number of hydrogen-bond acceptors (Lipinski definition) is 5. The highest BCUT2D eigenvalue weighted by molar-refractivity contribution is 5.76. The summed E-state index contributed by atoms with van der Waals surface area (Å²) in [4.78, 5) is 33.5. The van der Waals surface area contributed by atoms with Crippen LogP contribution >= 0.6 is 0 Å². The molecule has 0 bridgehead atoms. The lowest BCUT2D eigenvalue weighted by molar-refractivity contribution is -0.385. The van der Waals surface area contributed by atoms with E-state index in [1.165, 1.54) is 0 Å². The summed E-state index contributed by atoms with van der Waals surface area (Å²) in [7, 11) is 0. The maximum absolute atomic E-state index is 11.8. The molecule has 20 heavy (non-hydrogen) atoms. The van der Waals surface area contributed by atoms with Crippen molar-refractivity contribution in [3.63, 3.8) is 0 Å². The predicted octanol–water partition coefficient (Wildman–Crippen LogP) is -0.375. The zero-order valence-electron chi connectivity index (χ0n) is 10.9. The zero-order valence-corrected chi connectivity index (χ0v) is 10.9. The zero-order chi connectivity index (χ0) is 14.5. The molecule has 0 radical (unpaired) electrons. The third-order valence-electron chi connectivity index (χ3n) is 3.15. The summed E-state index contributed by atoms with van der Waals surface area (Å²) in [6.45, 7) is 1.43. The summed E-state index contributed by atoms with van der Waals surface area (Å²) in [5.74, 6) is -0.318. The number of aromatic nitrogens is 1. The van der Waals surface area contributed by atoms with Crippen molar-refractivity contribution < 1.29 is 9.72 Å². The monoisotopic (exact) mass is 280 g/mol. The molecule has 8 heteroatoms. The van der Waals surface area contributed by atoms with Crippen molar-refractivity contribution in [1.82, 2.24) is 15.2 Å². The van der Waals surface area contributed by atoms with E-state index in [0.717, 1.165) is 42.3 Å². The van der Waals surface area contributed by atoms with Gasteiger partial charge in [-0.1, -0.05) is 0 Å². The van der Waals surface area contributed by atoms with Crippen LogP contribution in [0, 0.1) is 10.1 Å². The number of piperidine rings is 1. The van der Waals surface area contributed by atoms with Crippen LogP contribution in [0.1, 0.15) is 12.8 Å². The van der Waals surface area contributed by atoms with E-state index in [9.17, 15) is 19.7 Å². The Bertz CT molecular complexity index is 563. The molecule has 1 aromatic heterocycles. The van der Waals surface area contributed by atoms with Gasteiger partial charge in [0.1, 0.15) is 6.54 Å². The number of nitro groups is 1. The van der Waals surface area contributed by atoms with Crippen molar-refractivity contribution in [3.8, 4) is 0 Å². The van der Waals surface area contributed by atoms with E-state index >= 15 is 0 Å². The first kappa shape index (κ1) is 14.2. The van der Waals surface area contributed by atoms with E-state index in [4.69, 9.17) is 0 Å². The van der Waals surface area contributed by atoms with Gasteiger partial charge < -0.3 is 10.6 Å². The second-order valence-electron chi connectivity index (χ2n) is 4.72. The molecule has 1 atom stereocenters. The Morgan fingerprint density at radius 2 is 2.35 bits per heavy atom. The fourth-order valence-electron chi connectivity index (χ4n) is 2.15. The number of rotatable bonds is 4. The Kier molecular flexibility index (Phi) is 4.46. The Hall–Kier alpha value is -2.22. The van der Waals surface area contributed by atoms with Crippen LogP contribution in [-0.2, 0) is 11.3 Å². The molecule has 0 spiro atoms. The lowest BCUT2D eigenvalue weighted by Crippen LogP contribution is -2.47. The minimum atomic E-state index is -0.598. The number of pyridine rings is 1. The molecule has 1 aliphatic rings. The molecular formula is C12H16N4O4. The fourth-order valence-corrected chi connectivity index (χ4v) is 2.15. The topological polar surface area (TPSA) is 106 Å². The summed E-state index contributed by atoms with van der Waals surface area (Å²) in [6, 6.07) is 2.26. The summed E-state index contributed by atoms with van der Waals surface area (Å²) in [5.41, 5.74) is -0.649. The van der Waals surface area contributed by atoms with Gasteiger partial charge in [0, 0.05) is 24.7 Å². The number of amides is 1. The molecular weight excluding hydrogens is 264 g/mol. The number of carbonyl (C=O) groups is 1. The highest BCUT2D eigenvalue weighted by atomic mass is 16.6. The van der Waals surface area contributed by atoms with Gasteiger partial charge in [-0.2, -0.15) is 0 Å². The summed E-state index contributed by atoms with van der Waals surface area (Å²) in [6.07, 6.45) is 2.96. The van der Waals surface area contributed by atoms with Crippen molar-refractivity contribution in [3.05, 3.63) is 38.8 Å². The first-order valence-corrected chi connectivity index (χ1v) is 6.41. The van der Waals surface area contributed by atoms with E-state index in [-0.39, 0.29) is 24.2 Å². The van der Waals surface area contributed by atoms with Gasteiger partial charge in [-0.05, 0) is 19.4 Å². The van der Waals surface area contributed by atoms with Crippen LogP contribution in [0.15, 0.2) is 23.1 Å². The SMILES string of the molecule is O=C(Cn1cc([N+](=O)[O-])ccc1=O)NC1CCCNC1. The van der Waals surface area contributed by atoms with Crippen LogP contribution in [0.4, 0.5) is 5.69 Å². The smallest absolute Gasteiger partial charge is 0.285 e. The molecule has 0 aromatic carbocycles. The third kappa shape index (κ3) is 3.64. The third-order valence-corrected chi connectivity index (χ3v) is 3.15. The van der Waals surface area contributed by atoms with Crippen LogP contribution in [0.3, 0.4) is 0 Å². The Morgan fingerprint density at radius 3 is 3.00 bits per heavy atom. The molecule has 1 aromatic rings. The van der Waals surface area contributed by atoms with Crippen LogP contribution in [0.25, 0.3) is 0 Å². The van der Waals surface area contributed by atoms with Crippen LogP contribution in [0.5, 0.6) is 0 Å². The normalized spacial score (nSPS) is 18.5. The number of nitrogens with one attached hydrogen (secondary N) is 2. The van der Waals surface area contributed by atoms with Crippen molar-refractivity contribution in [1.29, 1.82) is 0 Å². The van der Waals surface area contributed by atoms with Gasteiger partial charge in [-0.15, -0.1) is 0 Å². The Labute approximate surface area is 114 Å².